The van der Waals surface area contributed by atoms with E-state index in [-0.39, 0.29) is 11.5 Å². The van der Waals surface area contributed by atoms with Gasteiger partial charge in [0, 0.05) is 17.3 Å². The van der Waals surface area contributed by atoms with Crippen molar-refractivity contribution < 1.29 is 28.5 Å². The van der Waals surface area contributed by atoms with Gasteiger partial charge in [-0.25, -0.2) is 4.99 Å². The van der Waals surface area contributed by atoms with E-state index in [4.69, 9.17) is 28.7 Å². The molecule has 1 aromatic heterocycles. The SMILES string of the molecule is COc1ccc(COc2ccc(/C=c3\sc4n(c3=O)[C@H](c3ccc(OC)cc3OC)C(C(=O)Nc3ccccc3)=C(C)N=4)cc2OC)cc1. The molecule has 5 aromatic rings. The van der Waals surface area contributed by atoms with Gasteiger partial charge in [-0.05, 0) is 72.7 Å². The molecule has 0 spiro atoms. The van der Waals surface area contributed by atoms with Crippen molar-refractivity contribution in [2.45, 2.75) is 19.6 Å². The van der Waals surface area contributed by atoms with Gasteiger partial charge in [0.05, 0.1) is 44.2 Å². The molecule has 10 nitrogen and oxygen atoms in total. The third-order valence-corrected chi connectivity index (χ3v) is 9.05. The summed E-state index contributed by atoms with van der Waals surface area (Å²) < 4.78 is 30.1. The smallest absolute Gasteiger partial charge is 0.271 e. The van der Waals surface area contributed by atoms with E-state index in [1.807, 2.05) is 66.7 Å². The number of thiazole rings is 1. The summed E-state index contributed by atoms with van der Waals surface area (Å²) in [6.07, 6.45) is 1.78. The first kappa shape index (κ1) is 33.1. The zero-order valence-electron chi connectivity index (χ0n) is 27.7. The van der Waals surface area contributed by atoms with E-state index in [1.54, 1.807) is 70.3 Å². The van der Waals surface area contributed by atoms with Crippen LogP contribution in [0.2, 0.25) is 0 Å². The van der Waals surface area contributed by atoms with Gasteiger partial charge >= 0.3 is 0 Å². The van der Waals surface area contributed by atoms with Gasteiger partial charge < -0.3 is 29.0 Å². The van der Waals surface area contributed by atoms with Crippen molar-refractivity contribution in [3.63, 3.8) is 0 Å². The van der Waals surface area contributed by atoms with Crippen molar-refractivity contribution >= 4 is 29.0 Å². The topological polar surface area (TPSA) is 110 Å². The van der Waals surface area contributed by atoms with E-state index in [9.17, 15) is 9.59 Å². The molecular formula is C38H35N3O7S. The number of carbonyl (C=O) groups excluding carboxylic acids is 1. The van der Waals surface area contributed by atoms with Crippen LogP contribution in [0.4, 0.5) is 5.69 Å². The number of anilines is 1. The summed E-state index contributed by atoms with van der Waals surface area (Å²) in [4.78, 5) is 33.4. The van der Waals surface area contributed by atoms with Gasteiger partial charge in [-0.15, -0.1) is 0 Å². The number of aromatic nitrogens is 1. The summed E-state index contributed by atoms with van der Waals surface area (Å²) in [5, 5.41) is 2.97. The molecule has 0 unspecified atom stereocenters. The van der Waals surface area contributed by atoms with Gasteiger partial charge in [0.25, 0.3) is 11.5 Å². The van der Waals surface area contributed by atoms with E-state index < -0.39 is 6.04 Å². The summed E-state index contributed by atoms with van der Waals surface area (Å²) in [6.45, 7) is 2.11. The number of para-hydroxylation sites is 1. The quantitative estimate of drug-likeness (QED) is 0.197. The molecule has 4 aromatic carbocycles. The fourth-order valence-corrected chi connectivity index (χ4v) is 6.64. The van der Waals surface area contributed by atoms with Gasteiger partial charge in [-0.3, -0.25) is 14.2 Å². The van der Waals surface area contributed by atoms with E-state index in [0.29, 0.717) is 61.5 Å². The van der Waals surface area contributed by atoms with Crippen LogP contribution < -0.4 is 43.9 Å². The molecule has 49 heavy (non-hydrogen) atoms. The maximum absolute atomic E-state index is 14.3. The highest BCUT2D eigenvalue weighted by molar-refractivity contribution is 7.07. The summed E-state index contributed by atoms with van der Waals surface area (Å²) >= 11 is 1.24. The minimum absolute atomic E-state index is 0.303. The number of allylic oxidation sites excluding steroid dienone is 1. The van der Waals surface area contributed by atoms with Gasteiger partial charge in [-0.1, -0.05) is 47.7 Å². The van der Waals surface area contributed by atoms with Gasteiger partial charge in [-0.2, -0.15) is 0 Å². The second-order valence-corrected chi connectivity index (χ2v) is 12.1. The summed E-state index contributed by atoms with van der Waals surface area (Å²) in [7, 11) is 6.30. The number of carbonyl (C=O) groups is 1. The standard InChI is InChI=1S/C38H35N3O7S/c1-23-34(36(42)40-26-9-7-6-8-10-26)35(29-17-16-28(45-3)21-31(29)46-4)41-37(43)33(49-38(41)39-23)20-25-13-18-30(32(19-25)47-5)48-22-24-11-14-27(44-2)15-12-24/h6-21,35H,22H2,1-5H3,(H,40,42)/b33-20-/t35-/m1/s1. The van der Waals surface area contributed by atoms with Crippen LogP contribution in [0.5, 0.6) is 28.7 Å². The lowest BCUT2D eigenvalue weighted by Crippen LogP contribution is -2.40. The Balaban J connectivity index is 1.40. The molecule has 2 heterocycles. The number of fused-ring (bicyclic) bond motifs is 1. The van der Waals surface area contributed by atoms with Crippen molar-refractivity contribution in [3.05, 3.63) is 139 Å². The maximum atomic E-state index is 14.3. The first-order chi connectivity index (χ1) is 23.8. The third kappa shape index (κ3) is 6.93. The van der Waals surface area contributed by atoms with Crippen LogP contribution in [0.3, 0.4) is 0 Å². The van der Waals surface area contributed by atoms with Crippen LogP contribution in [-0.2, 0) is 11.4 Å². The fraction of sp³-hybridized carbons (Fsp3) is 0.184. The van der Waals surface area contributed by atoms with E-state index in [1.165, 1.54) is 11.3 Å². The van der Waals surface area contributed by atoms with Gasteiger partial charge in [0.15, 0.2) is 16.3 Å². The van der Waals surface area contributed by atoms with Crippen molar-refractivity contribution in [1.82, 2.24) is 4.57 Å². The predicted octanol–water partition coefficient (Wildman–Crippen LogP) is 5.49. The Hall–Kier alpha value is -5.81. The van der Waals surface area contributed by atoms with Crippen LogP contribution in [0.15, 0.2) is 112 Å². The van der Waals surface area contributed by atoms with Crippen LogP contribution in [-0.4, -0.2) is 38.9 Å². The van der Waals surface area contributed by atoms with Crippen molar-refractivity contribution in [2.75, 3.05) is 33.8 Å². The lowest BCUT2D eigenvalue weighted by atomic mass is 9.94. The molecule has 1 aliphatic heterocycles. The highest BCUT2D eigenvalue weighted by atomic mass is 32.1. The van der Waals surface area contributed by atoms with Crippen LogP contribution in [0, 0.1) is 0 Å². The largest absolute Gasteiger partial charge is 0.497 e. The number of hydrogen-bond donors (Lipinski definition) is 1. The second-order valence-electron chi connectivity index (χ2n) is 11.1. The molecule has 0 aliphatic carbocycles. The summed E-state index contributed by atoms with van der Waals surface area (Å²) in [5.74, 6) is 2.52. The zero-order valence-corrected chi connectivity index (χ0v) is 28.5. The van der Waals surface area contributed by atoms with Crippen molar-refractivity contribution in [2.24, 2.45) is 4.99 Å². The average Bonchev–Trinajstić information content (AvgIpc) is 3.43. The molecule has 0 bridgehead atoms. The molecule has 1 N–H and O–H groups in total. The van der Waals surface area contributed by atoms with Crippen LogP contribution >= 0.6 is 11.3 Å². The molecule has 0 saturated heterocycles. The highest BCUT2D eigenvalue weighted by Gasteiger charge is 2.34. The molecule has 0 saturated carbocycles. The van der Waals surface area contributed by atoms with Crippen molar-refractivity contribution in [1.29, 1.82) is 0 Å². The Labute approximate surface area is 287 Å². The molecule has 1 amide bonds. The molecule has 11 heteroatoms. The summed E-state index contributed by atoms with van der Waals surface area (Å²) in [6, 6.07) is 26.8. The minimum atomic E-state index is -0.828. The number of nitrogens with zero attached hydrogens (tertiary/aromatic N) is 2. The number of methoxy groups -OCH3 is 4. The highest BCUT2D eigenvalue weighted by Crippen LogP contribution is 2.38. The Bertz CT molecular complexity index is 2210. The Morgan fingerprint density at radius 3 is 2.24 bits per heavy atom. The normalized spacial score (nSPS) is 14.1. The predicted molar refractivity (Wildman–Crippen MR) is 189 cm³/mol. The number of rotatable bonds is 11. The summed E-state index contributed by atoms with van der Waals surface area (Å²) in [5.41, 5.74) is 3.46. The maximum Gasteiger partial charge on any atom is 0.271 e. The fourth-order valence-electron chi connectivity index (χ4n) is 5.60. The van der Waals surface area contributed by atoms with Gasteiger partial charge in [0.1, 0.15) is 29.9 Å². The molecule has 0 fully saturated rings. The van der Waals surface area contributed by atoms with E-state index in [0.717, 1.165) is 16.9 Å². The van der Waals surface area contributed by atoms with Crippen LogP contribution in [0.25, 0.3) is 6.08 Å². The molecule has 250 valence electrons. The molecular weight excluding hydrogens is 642 g/mol. The minimum Gasteiger partial charge on any atom is -0.497 e. The first-order valence-electron chi connectivity index (χ1n) is 15.4. The lowest BCUT2D eigenvalue weighted by Gasteiger charge is -2.26. The second kappa shape index (κ2) is 14.5. The number of benzene rings is 4. The van der Waals surface area contributed by atoms with Gasteiger partial charge in [0.2, 0.25) is 0 Å². The Kier molecular flexibility index (Phi) is 9.82. The van der Waals surface area contributed by atoms with Crippen LogP contribution in [0.1, 0.15) is 29.7 Å². The number of ether oxygens (including phenoxy) is 5. The van der Waals surface area contributed by atoms with Crippen molar-refractivity contribution in [3.8, 4) is 28.7 Å². The molecule has 1 atom stereocenters. The Morgan fingerprint density at radius 1 is 0.837 bits per heavy atom. The van der Waals surface area contributed by atoms with E-state index >= 15 is 0 Å². The number of nitrogens with one attached hydrogen (secondary N) is 1. The number of hydrogen-bond acceptors (Lipinski definition) is 9. The number of amides is 1. The Morgan fingerprint density at radius 2 is 1.55 bits per heavy atom. The lowest BCUT2D eigenvalue weighted by molar-refractivity contribution is -0.113. The molecule has 1 aliphatic rings. The third-order valence-electron chi connectivity index (χ3n) is 8.07. The van der Waals surface area contributed by atoms with E-state index in [2.05, 4.69) is 5.32 Å². The molecule has 0 radical (unpaired) electrons. The molecule has 6 rings (SSSR count). The zero-order chi connectivity index (χ0) is 34.5. The average molecular weight is 678 g/mol. The first-order valence-corrected chi connectivity index (χ1v) is 16.2. The monoisotopic (exact) mass is 677 g/mol.